The monoisotopic (exact) mass is 312 g/mol. The molecule has 1 amide bonds. The molecule has 0 radical (unpaired) electrons. The minimum absolute atomic E-state index is 0.00456. The van der Waals surface area contributed by atoms with Gasteiger partial charge in [-0.25, -0.2) is 13.2 Å². The van der Waals surface area contributed by atoms with Crippen LogP contribution in [-0.2, 0) is 14.6 Å². The molecule has 0 spiro atoms. The van der Waals surface area contributed by atoms with Crippen LogP contribution < -0.4 is 5.32 Å². The number of pyridine rings is 1. The molecule has 7 nitrogen and oxygen atoms in total. The Labute approximate surface area is 122 Å². The lowest BCUT2D eigenvalue weighted by atomic mass is 10.1. The van der Waals surface area contributed by atoms with Crippen LogP contribution in [0.2, 0.25) is 0 Å². The molecule has 1 aromatic heterocycles. The zero-order valence-electron chi connectivity index (χ0n) is 11.4. The van der Waals surface area contributed by atoms with Crippen molar-refractivity contribution >= 4 is 27.8 Å². The van der Waals surface area contributed by atoms with Gasteiger partial charge in [0.2, 0.25) is 0 Å². The van der Waals surface area contributed by atoms with Crippen LogP contribution in [-0.4, -0.2) is 48.9 Å². The predicted octanol–water partition coefficient (Wildman–Crippen LogP) is 0.344. The number of nitrogens with zero attached hydrogens (tertiary/aromatic N) is 1. The number of aliphatic carboxylic acids is 1. The van der Waals surface area contributed by atoms with E-state index in [2.05, 4.69) is 10.3 Å². The third kappa shape index (κ3) is 6.66. The summed E-state index contributed by atoms with van der Waals surface area (Å²) in [7, 11) is -3.05. The molecule has 1 rings (SSSR count). The minimum Gasteiger partial charge on any atom is -0.478 e. The maximum absolute atomic E-state index is 12.0. The first kappa shape index (κ1) is 16.8. The van der Waals surface area contributed by atoms with Crippen molar-refractivity contribution in [2.24, 2.45) is 0 Å². The average Bonchev–Trinajstić information content (AvgIpc) is 2.40. The number of carboxylic acid groups (broad SMARTS) is 1. The van der Waals surface area contributed by atoms with Crippen LogP contribution in [0.3, 0.4) is 0 Å². The summed E-state index contributed by atoms with van der Waals surface area (Å²) >= 11 is 0. The van der Waals surface area contributed by atoms with Gasteiger partial charge in [0.15, 0.2) is 0 Å². The molecule has 0 aliphatic rings. The number of hydrogen-bond acceptors (Lipinski definition) is 5. The largest absolute Gasteiger partial charge is 0.478 e. The fourth-order valence-electron chi connectivity index (χ4n) is 1.54. The molecule has 0 aromatic carbocycles. The summed E-state index contributed by atoms with van der Waals surface area (Å²) in [4.78, 5) is 26.3. The van der Waals surface area contributed by atoms with Crippen LogP contribution in [0, 0.1) is 0 Å². The van der Waals surface area contributed by atoms with Gasteiger partial charge >= 0.3 is 5.97 Å². The molecule has 1 heterocycles. The topological polar surface area (TPSA) is 113 Å². The molecule has 0 aliphatic carbocycles. The van der Waals surface area contributed by atoms with Crippen molar-refractivity contribution in [2.45, 2.75) is 6.42 Å². The summed E-state index contributed by atoms with van der Waals surface area (Å²) < 4.78 is 21.9. The van der Waals surface area contributed by atoms with Crippen molar-refractivity contribution in [2.75, 3.05) is 18.6 Å². The standard InChI is InChI=1S/C13H16N2O5S/c1-21(19,20)8-2-6-15-13(18)11-5-7-14-9-10(11)3-4-12(16)17/h3-5,7,9H,2,6,8H2,1H3,(H,15,18)(H,16,17). The van der Waals surface area contributed by atoms with E-state index in [1.54, 1.807) is 0 Å². The summed E-state index contributed by atoms with van der Waals surface area (Å²) in [6.07, 6.45) is 6.44. The normalized spacial score (nSPS) is 11.5. The van der Waals surface area contributed by atoms with Gasteiger partial charge in [0.1, 0.15) is 9.84 Å². The number of aromatic nitrogens is 1. The third-order valence-corrected chi connectivity index (χ3v) is 3.51. The Morgan fingerprint density at radius 1 is 1.43 bits per heavy atom. The highest BCUT2D eigenvalue weighted by molar-refractivity contribution is 7.90. The molecule has 114 valence electrons. The maximum Gasteiger partial charge on any atom is 0.328 e. The first-order valence-electron chi connectivity index (χ1n) is 6.10. The number of carbonyl (C=O) groups is 2. The van der Waals surface area contributed by atoms with E-state index in [4.69, 9.17) is 5.11 Å². The Morgan fingerprint density at radius 2 is 2.14 bits per heavy atom. The van der Waals surface area contributed by atoms with Crippen molar-refractivity contribution in [3.05, 3.63) is 35.7 Å². The summed E-state index contributed by atoms with van der Waals surface area (Å²) in [5, 5.41) is 11.2. The van der Waals surface area contributed by atoms with E-state index in [9.17, 15) is 18.0 Å². The number of carboxylic acids is 1. The molecule has 21 heavy (non-hydrogen) atoms. The van der Waals surface area contributed by atoms with Gasteiger partial charge in [0, 0.05) is 42.4 Å². The molecule has 8 heteroatoms. The number of nitrogens with one attached hydrogen (secondary N) is 1. The Kier molecular flexibility index (Phi) is 6.04. The van der Waals surface area contributed by atoms with Crippen LogP contribution in [0.25, 0.3) is 6.08 Å². The van der Waals surface area contributed by atoms with E-state index in [0.29, 0.717) is 12.0 Å². The first-order chi connectivity index (χ1) is 9.79. The van der Waals surface area contributed by atoms with Gasteiger partial charge in [0.25, 0.3) is 5.91 Å². The quantitative estimate of drug-likeness (QED) is 0.554. The van der Waals surface area contributed by atoms with Crippen molar-refractivity contribution in [1.82, 2.24) is 10.3 Å². The summed E-state index contributed by atoms with van der Waals surface area (Å²) in [5.41, 5.74) is 0.655. The SMILES string of the molecule is CS(=O)(=O)CCCNC(=O)c1ccncc1C=CC(=O)O. The van der Waals surface area contributed by atoms with Crippen LogP contribution in [0.5, 0.6) is 0 Å². The molecule has 0 aliphatic heterocycles. The highest BCUT2D eigenvalue weighted by Gasteiger charge is 2.10. The first-order valence-corrected chi connectivity index (χ1v) is 8.16. The van der Waals surface area contributed by atoms with E-state index in [0.717, 1.165) is 12.3 Å². The number of sulfone groups is 1. The van der Waals surface area contributed by atoms with Gasteiger partial charge in [-0.15, -0.1) is 0 Å². The zero-order chi connectivity index (χ0) is 15.9. The van der Waals surface area contributed by atoms with E-state index in [1.807, 2.05) is 0 Å². The molecule has 0 fully saturated rings. The molecule has 1 aromatic rings. The Balaban J connectivity index is 2.68. The van der Waals surface area contributed by atoms with E-state index in [-0.39, 0.29) is 17.9 Å². The van der Waals surface area contributed by atoms with Gasteiger partial charge in [-0.2, -0.15) is 0 Å². The third-order valence-electron chi connectivity index (χ3n) is 2.48. The van der Waals surface area contributed by atoms with Crippen LogP contribution in [0.15, 0.2) is 24.5 Å². The Bertz CT molecular complexity index is 652. The number of amides is 1. The highest BCUT2D eigenvalue weighted by atomic mass is 32.2. The average molecular weight is 312 g/mol. The van der Waals surface area contributed by atoms with Gasteiger partial charge in [-0.3, -0.25) is 9.78 Å². The van der Waals surface area contributed by atoms with Gasteiger partial charge < -0.3 is 10.4 Å². The molecule has 0 saturated carbocycles. The van der Waals surface area contributed by atoms with Crippen molar-refractivity contribution in [1.29, 1.82) is 0 Å². The summed E-state index contributed by atoms with van der Waals surface area (Å²) in [6, 6.07) is 1.47. The molecule has 2 N–H and O–H groups in total. The second kappa shape index (κ2) is 7.53. The van der Waals surface area contributed by atoms with Crippen LogP contribution in [0.1, 0.15) is 22.3 Å². The van der Waals surface area contributed by atoms with E-state index in [1.165, 1.54) is 24.5 Å². The van der Waals surface area contributed by atoms with Gasteiger partial charge in [0.05, 0.1) is 5.75 Å². The lowest BCUT2D eigenvalue weighted by Crippen LogP contribution is -2.26. The predicted molar refractivity (Wildman–Crippen MR) is 77.6 cm³/mol. The number of carbonyl (C=O) groups excluding carboxylic acids is 1. The second-order valence-corrected chi connectivity index (χ2v) is 6.63. The fourth-order valence-corrected chi connectivity index (χ4v) is 2.21. The number of rotatable bonds is 7. The highest BCUT2D eigenvalue weighted by Crippen LogP contribution is 2.09. The lowest BCUT2D eigenvalue weighted by Gasteiger charge is -2.07. The van der Waals surface area contributed by atoms with Crippen molar-refractivity contribution in [3.8, 4) is 0 Å². The molecular formula is C13H16N2O5S. The van der Waals surface area contributed by atoms with Crippen LogP contribution >= 0.6 is 0 Å². The molecular weight excluding hydrogens is 296 g/mol. The minimum atomic E-state index is -3.05. The molecule has 0 saturated heterocycles. The lowest BCUT2D eigenvalue weighted by molar-refractivity contribution is -0.131. The zero-order valence-corrected chi connectivity index (χ0v) is 12.3. The smallest absolute Gasteiger partial charge is 0.328 e. The summed E-state index contributed by atoms with van der Waals surface area (Å²) in [5.74, 6) is -1.54. The molecule has 0 unspecified atom stereocenters. The van der Waals surface area contributed by atoms with Gasteiger partial charge in [-0.05, 0) is 18.6 Å². The number of hydrogen-bond donors (Lipinski definition) is 2. The van der Waals surface area contributed by atoms with Crippen LogP contribution in [0.4, 0.5) is 0 Å². The van der Waals surface area contributed by atoms with E-state index >= 15 is 0 Å². The van der Waals surface area contributed by atoms with Crippen molar-refractivity contribution in [3.63, 3.8) is 0 Å². The molecule has 0 atom stereocenters. The summed E-state index contributed by atoms with van der Waals surface area (Å²) in [6.45, 7) is 0.219. The van der Waals surface area contributed by atoms with Crippen molar-refractivity contribution < 1.29 is 23.1 Å². The Morgan fingerprint density at radius 3 is 2.76 bits per heavy atom. The van der Waals surface area contributed by atoms with E-state index < -0.39 is 21.7 Å². The fraction of sp³-hybridized carbons (Fsp3) is 0.308. The maximum atomic E-state index is 12.0. The second-order valence-electron chi connectivity index (χ2n) is 4.37. The van der Waals surface area contributed by atoms with Gasteiger partial charge in [-0.1, -0.05) is 0 Å². The Hall–Kier alpha value is -2.22. The molecule has 0 bridgehead atoms.